The summed E-state index contributed by atoms with van der Waals surface area (Å²) >= 11 is 0. The summed E-state index contributed by atoms with van der Waals surface area (Å²) in [6.45, 7) is 0. The van der Waals surface area contributed by atoms with Crippen LogP contribution in [0.15, 0.2) is 18.2 Å². The van der Waals surface area contributed by atoms with E-state index < -0.39 is 71.6 Å². The van der Waals surface area contributed by atoms with Crippen LogP contribution >= 0.6 is 43.9 Å². The highest BCUT2D eigenvalue weighted by Gasteiger charge is 2.58. The summed E-state index contributed by atoms with van der Waals surface area (Å²) in [5, 5.41) is 3.14. The fourth-order valence-electron chi connectivity index (χ4n) is 2.41. The molecule has 0 radical (unpaired) electrons. The average molecular weight is 570 g/mol. The summed E-state index contributed by atoms with van der Waals surface area (Å²) in [6.07, 6.45) is 0. The van der Waals surface area contributed by atoms with E-state index in [2.05, 4.69) is 0 Å². The molecule has 1 aromatic rings. The molecular formula is C8H16O17P6. The third-order valence-electron chi connectivity index (χ3n) is 3.58. The van der Waals surface area contributed by atoms with Crippen molar-refractivity contribution in [2.45, 2.75) is 10.8 Å². The first kappa shape index (κ1) is 29.0. The molecule has 0 fully saturated rings. The molecule has 0 heterocycles. The van der Waals surface area contributed by atoms with Crippen molar-refractivity contribution >= 4 is 43.9 Å². The molecule has 0 bridgehead atoms. The molecule has 0 aliphatic heterocycles. The first-order chi connectivity index (χ1) is 13.3. The van der Waals surface area contributed by atoms with E-state index in [0.29, 0.717) is 0 Å². The first-order valence-corrected chi connectivity index (χ1v) is 18.5. The number of phenolic OH excluding ortho intramolecular Hbond substituents is 1. The number of benzene rings is 1. The molecule has 4 atom stereocenters. The van der Waals surface area contributed by atoms with Gasteiger partial charge in [0.1, 0.15) is 5.75 Å². The molecule has 1 aromatic carbocycles. The van der Waals surface area contributed by atoms with Crippen LogP contribution in [0.1, 0.15) is 21.9 Å². The van der Waals surface area contributed by atoms with Crippen molar-refractivity contribution in [3.63, 3.8) is 0 Å². The minimum Gasteiger partial charge on any atom is -0.508 e. The van der Waals surface area contributed by atoms with Gasteiger partial charge in [0, 0.05) is 0 Å². The Kier molecular flexibility index (Phi) is 8.10. The molecular weight excluding hydrogens is 554 g/mol. The van der Waals surface area contributed by atoms with Gasteiger partial charge >= 0.3 is 43.9 Å². The first-order valence-electron chi connectivity index (χ1n) is 7.06. The molecule has 0 aromatic heterocycles. The van der Waals surface area contributed by atoms with E-state index in [-0.39, 0.29) is 18.2 Å². The number of aromatic hydroxyl groups is 1. The Hall–Kier alpha value is -0.000000000000000208. The second-order valence-electron chi connectivity index (χ2n) is 5.99. The molecule has 0 saturated carbocycles. The standard InChI is InChI=1S/C8H16O17P6/c9-6-2-4(7(26(10,11)12)28(16,17)30(20,21)22)1-5(3-6)8(27(13,14)15)29(18,19)31(23,24)25/h1-3,7-9H,(H,16,17)(H,18,19)(H2,10,11,12)(H2,13,14,15)(H2,20,21,22)(H2,23,24,25). The van der Waals surface area contributed by atoms with Crippen molar-refractivity contribution in [1.82, 2.24) is 0 Å². The molecule has 11 N–H and O–H groups in total. The Morgan fingerprint density at radius 3 is 0.968 bits per heavy atom. The monoisotopic (exact) mass is 570 g/mol. The third kappa shape index (κ3) is 6.12. The van der Waals surface area contributed by atoms with E-state index in [9.17, 15) is 61.9 Å². The van der Waals surface area contributed by atoms with Crippen LogP contribution < -0.4 is 0 Å². The summed E-state index contributed by atoms with van der Waals surface area (Å²) in [7, 11) is -36.7. The van der Waals surface area contributed by atoms with Crippen LogP contribution in [0.25, 0.3) is 0 Å². The van der Waals surface area contributed by atoms with Crippen LogP contribution in [0.4, 0.5) is 0 Å². The van der Waals surface area contributed by atoms with E-state index in [0.717, 1.165) is 0 Å². The fraction of sp³-hybridized carbons (Fsp3) is 0.250. The van der Waals surface area contributed by atoms with Gasteiger partial charge < -0.3 is 54.0 Å². The van der Waals surface area contributed by atoms with Gasteiger partial charge in [0.2, 0.25) is 0 Å². The molecule has 17 nitrogen and oxygen atoms in total. The van der Waals surface area contributed by atoms with Gasteiger partial charge in [0.15, 0.2) is 10.8 Å². The van der Waals surface area contributed by atoms with Gasteiger partial charge in [-0.1, -0.05) is 6.07 Å². The van der Waals surface area contributed by atoms with Crippen molar-refractivity contribution in [1.29, 1.82) is 0 Å². The topological polar surface area (TPSA) is 325 Å². The van der Waals surface area contributed by atoms with Crippen molar-refractivity contribution in [2.75, 3.05) is 0 Å². The average Bonchev–Trinajstić information content (AvgIpc) is 2.39. The second kappa shape index (κ2) is 8.65. The molecule has 0 saturated heterocycles. The van der Waals surface area contributed by atoms with E-state index in [1.807, 2.05) is 0 Å². The molecule has 1 rings (SSSR count). The minimum atomic E-state index is -6.20. The molecule has 23 heteroatoms. The third-order valence-corrected chi connectivity index (χ3v) is 19.5. The van der Waals surface area contributed by atoms with Gasteiger partial charge in [-0.3, -0.25) is 18.3 Å². The van der Waals surface area contributed by atoms with Gasteiger partial charge in [0.25, 0.3) is 0 Å². The maximum absolute atomic E-state index is 12.2. The van der Waals surface area contributed by atoms with Crippen molar-refractivity contribution in [3.05, 3.63) is 29.3 Å². The molecule has 4 unspecified atom stereocenters. The number of rotatable bonds is 8. The predicted octanol–water partition coefficient (Wildman–Crippen LogP) is 0.471. The molecule has 0 aliphatic rings. The van der Waals surface area contributed by atoms with Crippen LogP contribution in [0.5, 0.6) is 5.75 Å². The number of hydrogen-bond acceptors (Lipinski definition) is 7. The Bertz CT molecular complexity index is 1060. The summed E-state index contributed by atoms with van der Waals surface area (Å²) < 4.78 is 70.4. The van der Waals surface area contributed by atoms with Gasteiger partial charge in [0.05, 0.1) is 0 Å². The minimum absolute atomic E-state index is 0.0876. The molecule has 180 valence electrons. The normalized spacial score (nSPS) is 19.8. The van der Waals surface area contributed by atoms with E-state index in [1.54, 1.807) is 0 Å². The van der Waals surface area contributed by atoms with Crippen molar-refractivity contribution in [3.8, 4) is 5.75 Å². The van der Waals surface area contributed by atoms with Crippen LogP contribution in [-0.2, 0) is 27.4 Å². The Balaban J connectivity index is 4.04. The molecule has 0 amide bonds. The Morgan fingerprint density at radius 2 is 0.774 bits per heavy atom. The van der Waals surface area contributed by atoms with E-state index in [1.165, 1.54) is 0 Å². The summed E-state index contributed by atoms with van der Waals surface area (Å²) in [5.41, 5.74) is -2.66. The van der Waals surface area contributed by atoms with E-state index in [4.69, 9.17) is 19.6 Å². The summed E-state index contributed by atoms with van der Waals surface area (Å²) in [4.78, 5) is 93.0. The lowest BCUT2D eigenvalue weighted by Crippen LogP contribution is -2.06. The zero-order valence-corrected chi connectivity index (χ0v) is 19.8. The van der Waals surface area contributed by atoms with Gasteiger partial charge in [-0.15, -0.1) is 0 Å². The fourth-order valence-corrected chi connectivity index (χ4v) is 15.6. The van der Waals surface area contributed by atoms with Crippen LogP contribution in [0.2, 0.25) is 0 Å². The lowest BCUT2D eigenvalue weighted by atomic mass is 10.1. The molecule has 0 aliphatic carbocycles. The predicted molar refractivity (Wildman–Crippen MR) is 101 cm³/mol. The lowest BCUT2D eigenvalue weighted by molar-refractivity contribution is 0.355. The maximum Gasteiger partial charge on any atom is 0.408 e. The smallest absolute Gasteiger partial charge is 0.408 e. The highest BCUT2D eigenvalue weighted by atomic mass is 32.1. The van der Waals surface area contributed by atoms with E-state index >= 15 is 0 Å². The molecule has 0 spiro atoms. The zero-order valence-electron chi connectivity index (χ0n) is 14.4. The van der Waals surface area contributed by atoms with Crippen LogP contribution in [-0.4, -0.2) is 54.0 Å². The molecule has 31 heavy (non-hydrogen) atoms. The number of phenols is 1. The largest absolute Gasteiger partial charge is 0.508 e. The van der Waals surface area contributed by atoms with Gasteiger partial charge in [-0.05, 0) is 23.3 Å². The Labute approximate surface area is 171 Å². The number of hydrogen-bond donors (Lipinski definition) is 11. The highest BCUT2D eigenvalue weighted by Crippen LogP contribution is 2.89. The Morgan fingerprint density at radius 1 is 0.516 bits per heavy atom. The maximum atomic E-state index is 12.2. The van der Waals surface area contributed by atoms with Gasteiger partial charge in [-0.25, -0.2) is 9.13 Å². The SMILES string of the molecule is O=P(O)(O)C(c1cc(O)cc(C(P(=O)(O)O)P(=O)(O)P(=O)(O)O)c1)P(=O)(O)P(=O)(O)O. The second-order valence-corrected chi connectivity index (χ2v) is 22.2. The van der Waals surface area contributed by atoms with Crippen LogP contribution in [0, 0.1) is 0 Å². The van der Waals surface area contributed by atoms with Crippen LogP contribution in [0.3, 0.4) is 0 Å². The summed E-state index contributed by atoms with van der Waals surface area (Å²) in [5.74, 6) is -1.26. The summed E-state index contributed by atoms with van der Waals surface area (Å²) in [6, 6.07) is 0.564. The van der Waals surface area contributed by atoms with Gasteiger partial charge in [-0.2, -0.15) is 0 Å². The quantitative estimate of drug-likeness (QED) is 0.189. The highest BCUT2D eigenvalue weighted by molar-refractivity contribution is 8.30. The zero-order chi connectivity index (χ0) is 25.0. The van der Waals surface area contributed by atoms with Crippen molar-refractivity contribution in [2.24, 2.45) is 0 Å². The lowest BCUT2D eigenvalue weighted by Gasteiger charge is -2.27. The van der Waals surface area contributed by atoms with Crippen molar-refractivity contribution < 1.29 is 81.4 Å².